The van der Waals surface area contributed by atoms with Crippen molar-refractivity contribution in [2.24, 2.45) is 5.10 Å². The van der Waals surface area contributed by atoms with Crippen molar-refractivity contribution in [3.05, 3.63) is 98.6 Å². The first-order valence-corrected chi connectivity index (χ1v) is 11.4. The lowest BCUT2D eigenvalue weighted by Gasteiger charge is -2.21. The van der Waals surface area contributed by atoms with Crippen LogP contribution in [0.25, 0.3) is 0 Å². The average Bonchev–Trinajstić information content (AvgIpc) is 2.75. The van der Waals surface area contributed by atoms with Gasteiger partial charge >= 0.3 is 7.75 Å². The molecule has 0 saturated heterocycles. The molecule has 3 aromatic carbocycles. The second-order valence-electron chi connectivity index (χ2n) is 7.28. The van der Waals surface area contributed by atoms with Gasteiger partial charge in [0.25, 0.3) is 5.69 Å². The number of hydrazone groups is 1. The maximum atomic E-state index is 13.7. The van der Waals surface area contributed by atoms with Gasteiger partial charge in [-0.15, -0.1) is 0 Å². The van der Waals surface area contributed by atoms with E-state index in [0.717, 1.165) is 22.3 Å². The van der Waals surface area contributed by atoms with Gasteiger partial charge in [-0.1, -0.05) is 24.3 Å². The highest BCUT2D eigenvalue weighted by Gasteiger charge is 2.30. The van der Waals surface area contributed by atoms with Crippen LogP contribution in [0, 0.1) is 37.8 Å². The van der Waals surface area contributed by atoms with Gasteiger partial charge in [0.1, 0.15) is 11.5 Å². The molecule has 32 heavy (non-hydrogen) atoms. The fourth-order valence-electron chi connectivity index (χ4n) is 2.82. The van der Waals surface area contributed by atoms with Crippen LogP contribution in [-0.4, -0.2) is 11.1 Å². The summed E-state index contributed by atoms with van der Waals surface area (Å²) in [6.45, 7) is 7.60. The first-order chi connectivity index (χ1) is 15.2. The Morgan fingerprint density at radius 2 is 1.38 bits per heavy atom. The molecule has 1 N–H and O–H groups in total. The number of nitrogens with one attached hydrogen (secondary N) is 1. The number of rotatable bonds is 8. The number of nitro benzene ring substituents is 1. The number of nitrogens with zero attached hydrogens (tertiary/aromatic N) is 2. The van der Waals surface area contributed by atoms with Crippen LogP contribution in [0.2, 0.25) is 0 Å². The SMILES string of the molecule is Cc1cccc(OP(=O)(NN=Cc2ccc([N+](=O)[O-])cc2)Oc2cccc(C)c2C)c1C. The molecule has 3 rings (SSSR count). The summed E-state index contributed by atoms with van der Waals surface area (Å²) in [6.07, 6.45) is 1.38. The summed E-state index contributed by atoms with van der Waals surface area (Å²) in [5.74, 6) is 0.827. The number of hydrogen-bond acceptors (Lipinski definition) is 6. The summed E-state index contributed by atoms with van der Waals surface area (Å²) in [5, 5.41) is 17.3. The Hall–Kier alpha value is -3.64. The molecule has 0 heterocycles. The summed E-state index contributed by atoms with van der Waals surface area (Å²) in [7, 11) is -3.98. The second-order valence-corrected chi connectivity index (χ2v) is 8.84. The van der Waals surface area contributed by atoms with Gasteiger partial charge < -0.3 is 9.05 Å². The third-order valence-electron chi connectivity index (χ3n) is 5.04. The van der Waals surface area contributed by atoms with Crippen LogP contribution in [-0.2, 0) is 4.57 Å². The van der Waals surface area contributed by atoms with E-state index >= 15 is 0 Å². The largest absolute Gasteiger partial charge is 0.557 e. The first-order valence-electron chi connectivity index (χ1n) is 9.85. The van der Waals surface area contributed by atoms with Crippen LogP contribution >= 0.6 is 7.75 Å². The number of nitro groups is 1. The molecule has 0 saturated carbocycles. The van der Waals surface area contributed by atoms with E-state index in [4.69, 9.17) is 9.05 Å². The Morgan fingerprint density at radius 1 is 0.875 bits per heavy atom. The fourth-order valence-corrected chi connectivity index (χ4v) is 4.05. The summed E-state index contributed by atoms with van der Waals surface area (Å²) >= 11 is 0. The van der Waals surface area contributed by atoms with Crippen molar-refractivity contribution in [2.75, 3.05) is 0 Å². The van der Waals surface area contributed by atoms with Crippen LogP contribution in [0.4, 0.5) is 5.69 Å². The highest BCUT2D eigenvalue weighted by atomic mass is 31.2. The quantitative estimate of drug-likeness (QED) is 0.194. The van der Waals surface area contributed by atoms with E-state index < -0.39 is 12.7 Å². The van der Waals surface area contributed by atoms with Gasteiger partial charge in [0.05, 0.1) is 11.1 Å². The van der Waals surface area contributed by atoms with Gasteiger partial charge in [0, 0.05) is 12.1 Å². The lowest BCUT2D eigenvalue weighted by atomic mass is 10.1. The average molecular weight is 453 g/mol. The van der Waals surface area contributed by atoms with E-state index in [9.17, 15) is 14.7 Å². The Bertz CT molecular complexity index is 1150. The van der Waals surface area contributed by atoms with E-state index in [1.165, 1.54) is 30.5 Å². The van der Waals surface area contributed by atoms with Crippen LogP contribution in [0.1, 0.15) is 27.8 Å². The van der Waals surface area contributed by atoms with Gasteiger partial charge in [-0.25, -0.2) is 4.57 Å². The van der Waals surface area contributed by atoms with Crippen molar-refractivity contribution in [1.29, 1.82) is 0 Å². The molecule has 166 valence electrons. The van der Waals surface area contributed by atoms with Crippen LogP contribution in [0.3, 0.4) is 0 Å². The molecular weight excluding hydrogens is 429 g/mol. The highest BCUT2D eigenvalue weighted by molar-refractivity contribution is 7.52. The molecule has 0 bridgehead atoms. The minimum absolute atomic E-state index is 0.0303. The summed E-state index contributed by atoms with van der Waals surface area (Å²) in [5.41, 5.74) is 4.17. The molecule has 9 heteroatoms. The van der Waals surface area contributed by atoms with Crippen LogP contribution < -0.4 is 14.2 Å². The van der Waals surface area contributed by atoms with E-state index in [2.05, 4.69) is 10.3 Å². The van der Waals surface area contributed by atoms with Crippen molar-refractivity contribution >= 4 is 19.6 Å². The molecule has 0 aromatic heterocycles. The van der Waals surface area contributed by atoms with Crippen LogP contribution in [0.5, 0.6) is 11.5 Å². The van der Waals surface area contributed by atoms with Crippen molar-refractivity contribution in [3.8, 4) is 11.5 Å². The predicted molar refractivity (Wildman–Crippen MR) is 125 cm³/mol. The van der Waals surface area contributed by atoms with Gasteiger partial charge in [-0.2, -0.15) is 10.3 Å². The first kappa shape index (κ1) is 23.0. The molecule has 0 aliphatic rings. The molecule has 3 aromatic rings. The van der Waals surface area contributed by atoms with Gasteiger partial charge in [0.2, 0.25) is 0 Å². The lowest BCUT2D eigenvalue weighted by molar-refractivity contribution is -0.384. The zero-order chi connectivity index (χ0) is 23.3. The Labute approximate surface area is 186 Å². The normalized spacial score (nSPS) is 11.4. The van der Waals surface area contributed by atoms with E-state index in [1.54, 1.807) is 24.3 Å². The zero-order valence-corrected chi connectivity index (χ0v) is 19.1. The second kappa shape index (κ2) is 9.66. The van der Waals surface area contributed by atoms with Crippen molar-refractivity contribution in [3.63, 3.8) is 0 Å². The van der Waals surface area contributed by atoms with Crippen molar-refractivity contribution in [1.82, 2.24) is 5.20 Å². The standard InChI is InChI=1S/C23H24N3O5P/c1-16-7-5-9-22(18(16)3)30-32(29,31-23-10-6-8-17(2)19(23)4)25-24-15-20-11-13-21(14-12-20)26(27)28/h5-15H,1-4H3,(H,25,29). The van der Waals surface area contributed by atoms with Gasteiger partial charge in [-0.05, 0) is 79.8 Å². The lowest BCUT2D eigenvalue weighted by Crippen LogP contribution is -2.15. The summed E-state index contributed by atoms with van der Waals surface area (Å²) in [4.78, 5) is 10.3. The molecule has 0 unspecified atom stereocenters. The van der Waals surface area contributed by atoms with E-state index in [-0.39, 0.29) is 5.69 Å². The summed E-state index contributed by atoms with van der Waals surface area (Å²) < 4.78 is 25.3. The molecule has 0 amide bonds. The molecule has 0 aliphatic carbocycles. The molecular formula is C23H24N3O5P. The van der Waals surface area contributed by atoms with Gasteiger partial charge in [-0.3, -0.25) is 10.1 Å². The Kier molecular flexibility index (Phi) is 6.95. The third-order valence-corrected chi connectivity index (χ3v) is 6.28. The molecule has 0 atom stereocenters. The van der Waals surface area contributed by atoms with E-state index in [1.807, 2.05) is 39.8 Å². The molecule has 0 spiro atoms. The third kappa shape index (κ3) is 5.53. The molecule has 0 radical (unpaired) electrons. The number of aryl methyl sites for hydroxylation is 2. The number of non-ortho nitro benzene ring substituents is 1. The van der Waals surface area contributed by atoms with Crippen molar-refractivity contribution < 1.29 is 18.5 Å². The van der Waals surface area contributed by atoms with Crippen LogP contribution in [0.15, 0.2) is 65.8 Å². The highest BCUT2D eigenvalue weighted by Crippen LogP contribution is 2.47. The molecule has 8 nitrogen and oxygen atoms in total. The zero-order valence-electron chi connectivity index (χ0n) is 18.2. The fraction of sp³-hybridized carbons (Fsp3) is 0.174. The monoisotopic (exact) mass is 453 g/mol. The summed E-state index contributed by atoms with van der Waals surface area (Å²) in [6, 6.07) is 16.7. The minimum Gasteiger partial charge on any atom is -0.399 e. The number of hydrogen-bond donors (Lipinski definition) is 1. The van der Waals surface area contributed by atoms with Crippen molar-refractivity contribution in [2.45, 2.75) is 27.7 Å². The molecule has 0 fully saturated rings. The smallest absolute Gasteiger partial charge is 0.399 e. The Balaban J connectivity index is 1.88. The minimum atomic E-state index is -3.98. The maximum absolute atomic E-state index is 13.7. The Morgan fingerprint density at radius 3 is 1.84 bits per heavy atom. The predicted octanol–water partition coefficient (Wildman–Crippen LogP) is 6.02. The number of benzene rings is 3. The van der Waals surface area contributed by atoms with E-state index in [0.29, 0.717) is 17.1 Å². The van der Waals surface area contributed by atoms with Gasteiger partial charge in [0.15, 0.2) is 0 Å². The maximum Gasteiger partial charge on any atom is 0.557 e. The molecule has 0 aliphatic heterocycles. The topological polar surface area (TPSA) is 103 Å².